The van der Waals surface area contributed by atoms with Crippen LogP contribution in [-0.4, -0.2) is 156 Å². The Morgan fingerprint density at radius 1 is 0.512 bits per heavy atom. The van der Waals surface area contributed by atoms with Crippen LogP contribution in [0.5, 0.6) is 0 Å². The van der Waals surface area contributed by atoms with Crippen molar-refractivity contribution in [1.82, 2.24) is 47.0 Å². The molecule has 4 rings (SSSR count). The summed E-state index contributed by atoms with van der Waals surface area (Å²) in [6.45, 7) is 15.5. The van der Waals surface area contributed by atoms with Crippen LogP contribution in [0.2, 0.25) is 0 Å². The average Bonchev–Trinajstić information content (AvgIpc) is 4.14. The summed E-state index contributed by atoms with van der Waals surface area (Å²) < 4.78 is 0. The smallest absolute Gasteiger partial charge is 0.246 e. The lowest BCUT2D eigenvalue weighted by atomic mass is 9.99. The Hall–Kier alpha value is -6.78. The Kier molecular flexibility index (Phi) is 28.1. The number of carbonyl (C=O) groups is 10. The highest BCUT2D eigenvalue weighted by Crippen LogP contribution is 2.23. The molecule has 0 bridgehead atoms. The molecular weight excluding hydrogens is 1050 g/mol. The van der Waals surface area contributed by atoms with Crippen LogP contribution in [0.15, 0.2) is 60.7 Å². The first-order valence-electron chi connectivity index (χ1n) is 29.4. The van der Waals surface area contributed by atoms with Crippen LogP contribution in [0, 0.1) is 23.7 Å². The van der Waals surface area contributed by atoms with Crippen molar-refractivity contribution in [3.05, 3.63) is 71.8 Å². The van der Waals surface area contributed by atoms with E-state index in [1.165, 1.54) is 9.80 Å². The third-order valence-corrected chi connectivity index (χ3v) is 15.0. The van der Waals surface area contributed by atoms with E-state index >= 15 is 0 Å². The highest BCUT2D eigenvalue weighted by atomic mass is 16.2. The summed E-state index contributed by atoms with van der Waals surface area (Å²) in [4.78, 5) is 142. The molecule has 10 atom stereocenters. The maximum atomic E-state index is 14.8. The van der Waals surface area contributed by atoms with Crippen LogP contribution in [0.25, 0.3) is 0 Å². The Morgan fingerprint density at radius 2 is 0.915 bits per heavy atom. The van der Waals surface area contributed by atoms with Crippen molar-refractivity contribution >= 4 is 59.5 Å². The van der Waals surface area contributed by atoms with Gasteiger partial charge in [0, 0.05) is 25.9 Å². The van der Waals surface area contributed by atoms with Gasteiger partial charge in [-0.15, -0.1) is 0 Å². The summed E-state index contributed by atoms with van der Waals surface area (Å²) in [6.07, 6.45) is 4.10. The highest BCUT2D eigenvalue weighted by molar-refractivity contribution is 5.99. The maximum Gasteiger partial charge on any atom is 0.246 e. The predicted molar refractivity (Wildman–Crippen MR) is 312 cm³/mol. The molecule has 22 nitrogen and oxygen atoms in total. The number of nitrogens with two attached hydrogens (primary N) is 3. The van der Waals surface area contributed by atoms with Gasteiger partial charge >= 0.3 is 0 Å². The second-order valence-corrected chi connectivity index (χ2v) is 23.4. The number of nitrogens with one attached hydrogen (secondary N) is 7. The van der Waals surface area contributed by atoms with Crippen molar-refractivity contribution in [3.63, 3.8) is 0 Å². The Bertz CT molecular complexity index is 2430. The standard InChI is InChI=1S/C60H94N12O10/c1-36(2)31-45(54(76)68-47(33-40-19-11-9-12-20-40)59(81)71-29-17-23-42(71)35-73)67-53(75)44(25-16-28-62)65-58(80)51(39(7)8)70-56(78)49-26-18-30-72(49)60(82)48(34-41-21-13-10-14-22-41)69-55(77)46(32-37(3)4)66-52(74)43(24-15-27-61)64-57(79)50(63)38(5)6/h9-14,19-22,35-39,42-51H,15-18,23-34,61-63H2,1-8H3,(H,64,79)(H,65,80)(H,66,74)(H,67,75)(H,68,76)(H,69,77)(H,70,78)/t42-,43-,44-,45-,46-,47+,48+,49-,50-,51-/m0/s1. The lowest BCUT2D eigenvalue weighted by molar-refractivity contribution is -0.143. The molecule has 0 spiro atoms. The molecule has 9 amide bonds. The molecular formula is C60H94N12O10. The third-order valence-electron chi connectivity index (χ3n) is 15.0. The van der Waals surface area contributed by atoms with Crippen molar-refractivity contribution < 1.29 is 47.9 Å². The molecule has 2 aromatic carbocycles. The number of amides is 9. The normalized spacial score (nSPS) is 18.1. The second-order valence-electron chi connectivity index (χ2n) is 23.4. The van der Waals surface area contributed by atoms with Gasteiger partial charge in [0.15, 0.2) is 0 Å². The van der Waals surface area contributed by atoms with Gasteiger partial charge in [-0.05, 0) is 112 Å². The molecule has 2 aliphatic heterocycles. The lowest BCUT2D eigenvalue weighted by Gasteiger charge is -2.32. The fourth-order valence-corrected chi connectivity index (χ4v) is 10.3. The Balaban J connectivity index is 1.54. The van der Waals surface area contributed by atoms with Gasteiger partial charge < -0.3 is 69.0 Å². The first-order valence-corrected chi connectivity index (χ1v) is 29.4. The van der Waals surface area contributed by atoms with E-state index in [9.17, 15) is 47.9 Å². The molecule has 2 fully saturated rings. The summed E-state index contributed by atoms with van der Waals surface area (Å²) in [5, 5.41) is 19.8. The van der Waals surface area contributed by atoms with E-state index in [1.54, 1.807) is 52.0 Å². The first kappa shape index (κ1) is 67.7. The highest BCUT2D eigenvalue weighted by Gasteiger charge is 2.42. The second kappa shape index (κ2) is 34.0. The Morgan fingerprint density at radius 3 is 1.34 bits per heavy atom. The number of rotatable bonds is 33. The number of hydrogen-bond acceptors (Lipinski definition) is 13. The van der Waals surface area contributed by atoms with Gasteiger partial charge in [-0.25, -0.2) is 0 Å². The summed E-state index contributed by atoms with van der Waals surface area (Å²) in [6, 6.07) is 7.68. The SMILES string of the molecule is CC(C)C[C@H](NC(=O)[C@H](CCCN)NC(=O)[C@@H](NC(=O)[C@@H]1CCCN1C(=O)[C@@H](Cc1ccccc1)NC(=O)[C@H](CC(C)C)NC(=O)[C@H](CCCN)NC(=O)[C@@H](N)C(C)C)C(C)C)C(=O)N[C@H](Cc1ccccc1)C(=O)N1CCC[C@H]1C=O. The number of nitrogens with zero attached hydrogens (tertiary/aromatic N) is 2. The molecule has 82 heavy (non-hydrogen) atoms. The van der Waals surface area contributed by atoms with Crippen molar-refractivity contribution in [3.8, 4) is 0 Å². The van der Waals surface area contributed by atoms with Gasteiger partial charge in [0.1, 0.15) is 54.6 Å². The zero-order valence-electron chi connectivity index (χ0n) is 49.5. The van der Waals surface area contributed by atoms with E-state index < -0.39 is 120 Å². The van der Waals surface area contributed by atoms with Crippen LogP contribution in [0.4, 0.5) is 0 Å². The van der Waals surface area contributed by atoms with Crippen LogP contribution in [-0.2, 0) is 60.8 Å². The van der Waals surface area contributed by atoms with Crippen LogP contribution in [0.1, 0.15) is 131 Å². The minimum atomic E-state index is -1.20. The minimum Gasteiger partial charge on any atom is -0.343 e. The molecule has 0 aromatic heterocycles. The molecule has 2 aromatic rings. The van der Waals surface area contributed by atoms with Gasteiger partial charge in [-0.1, -0.05) is 116 Å². The van der Waals surface area contributed by atoms with E-state index in [0.29, 0.717) is 44.2 Å². The van der Waals surface area contributed by atoms with Gasteiger partial charge in [0.2, 0.25) is 53.2 Å². The molecule has 0 aliphatic carbocycles. The first-order chi connectivity index (χ1) is 39.0. The number of aldehydes is 1. The van der Waals surface area contributed by atoms with Gasteiger partial charge in [-0.2, -0.15) is 0 Å². The quantitative estimate of drug-likeness (QED) is 0.0451. The van der Waals surface area contributed by atoms with Crippen LogP contribution >= 0.6 is 0 Å². The average molecular weight is 1140 g/mol. The van der Waals surface area contributed by atoms with Crippen molar-refractivity contribution in [2.45, 2.75) is 193 Å². The van der Waals surface area contributed by atoms with Crippen molar-refractivity contribution in [2.24, 2.45) is 40.9 Å². The van der Waals surface area contributed by atoms with E-state index in [1.807, 2.05) is 64.1 Å². The van der Waals surface area contributed by atoms with E-state index in [2.05, 4.69) is 37.2 Å². The van der Waals surface area contributed by atoms with E-state index in [4.69, 9.17) is 17.2 Å². The molecule has 2 aliphatic rings. The number of benzene rings is 2. The van der Waals surface area contributed by atoms with Crippen LogP contribution in [0.3, 0.4) is 0 Å². The number of carbonyl (C=O) groups excluding carboxylic acids is 10. The van der Waals surface area contributed by atoms with Crippen molar-refractivity contribution in [2.75, 3.05) is 26.2 Å². The molecule has 22 heteroatoms. The molecule has 0 unspecified atom stereocenters. The molecule has 0 radical (unpaired) electrons. The zero-order chi connectivity index (χ0) is 60.6. The van der Waals surface area contributed by atoms with Crippen LogP contribution < -0.4 is 54.4 Å². The molecule has 2 heterocycles. The van der Waals surface area contributed by atoms with Crippen molar-refractivity contribution in [1.29, 1.82) is 0 Å². The summed E-state index contributed by atoms with van der Waals surface area (Å²) >= 11 is 0. The van der Waals surface area contributed by atoms with E-state index in [-0.39, 0.29) is 82.3 Å². The maximum absolute atomic E-state index is 14.8. The summed E-state index contributed by atoms with van der Waals surface area (Å²) in [5.41, 5.74) is 19.3. The largest absolute Gasteiger partial charge is 0.343 e. The number of hydrogen-bond donors (Lipinski definition) is 10. The minimum absolute atomic E-state index is 0.0383. The molecule has 0 saturated carbocycles. The summed E-state index contributed by atoms with van der Waals surface area (Å²) in [5.74, 6) is -6.26. The molecule has 454 valence electrons. The predicted octanol–water partition coefficient (Wildman–Crippen LogP) is 1.26. The van der Waals surface area contributed by atoms with Gasteiger partial charge in [0.05, 0.1) is 12.1 Å². The topological polar surface area (TPSA) is 339 Å². The summed E-state index contributed by atoms with van der Waals surface area (Å²) in [7, 11) is 0. The van der Waals surface area contributed by atoms with Gasteiger partial charge in [0.25, 0.3) is 0 Å². The molecule has 2 saturated heterocycles. The lowest BCUT2D eigenvalue weighted by Crippen LogP contribution is -2.61. The fourth-order valence-electron chi connectivity index (χ4n) is 10.3. The number of likely N-dealkylation sites (tertiary alicyclic amines) is 2. The van der Waals surface area contributed by atoms with Gasteiger partial charge in [-0.3, -0.25) is 43.2 Å². The van der Waals surface area contributed by atoms with E-state index in [0.717, 1.165) is 11.8 Å². The molecule has 13 N–H and O–H groups in total. The Labute approximate surface area is 484 Å². The monoisotopic (exact) mass is 1140 g/mol. The zero-order valence-corrected chi connectivity index (χ0v) is 49.5. The third kappa shape index (κ3) is 20.9. The fraction of sp³-hybridized carbons (Fsp3) is 0.633.